The van der Waals surface area contributed by atoms with Gasteiger partial charge in [-0.05, 0) is 31.6 Å². The first kappa shape index (κ1) is 18.9. The number of hydrogen-bond donors (Lipinski definition) is 2. The molecule has 0 radical (unpaired) electrons. The van der Waals surface area contributed by atoms with Crippen molar-refractivity contribution in [1.82, 2.24) is 24.4 Å². The van der Waals surface area contributed by atoms with Crippen LogP contribution in [0.25, 0.3) is 11.2 Å². The fraction of sp³-hybridized carbons (Fsp3) is 0.421. The van der Waals surface area contributed by atoms with Gasteiger partial charge < -0.3 is 20.4 Å². The quantitative estimate of drug-likeness (QED) is 0.588. The molecular formula is C19H26N6O2. The summed E-state index contributed by atoms with van der Waals surface area (Å²) in [4.78, 5) is 25.8. The Morgan fingerprint density at radius 1 is 1.19 bits per heavy atom. The lowest BCUT2D eigenvalue weighted by atomic mass is 10.1. The molecule has 0 bridgehead atoms. The molecule has 0 saturated heterocycles. The minimum Gasteiger partial charge on any atom is -0.463 e. The molecule has 3 aromatic rings. The summed E-state index contributed by atoms with van der Waals surface area (Å²) in [6.07, 6.45) is 1.91. The highest BCUT2D eigenvalue weighted by Gasteiger charge is 2.15. The van der Waals surface area contributed by atoms with Gasteiger partial charge in [0.2, 0.25) is 0 Å². The van der Waals surface area contributed by atoms with E-state index in [0.717, 1.165) is 24.9 Å². The number of nitrogens with zero attached hydrogens (tertiary/aromatic N) is 4. The average molecular weight is 370 g/mol. The molecule has 27 heavy (non-hydrogen) atoms. The van der Waals surface area contributed by atoms with Crippen molar-refractivity contribution in [3.05, 3.63) is 45.9 Å². The number of benzene rings is 1. The molecule has 8 heteroatoms. The number of H-pyrrole nitrogens is 1. The van der Waals surface area contributed by atoms with E-state index >= 15 is 0 Å². The zero-order valence-corrected chi connectivity index (χ0v) is 16.0. The normalized spacial score (nSPS) is 11.4. The third-order valence-corrected chi connectivity index (χ3v) is 4.22. The highest BCUT2D eigenvalue weighted by atomic mass is 16.5. The average Bonchev–Trinajstić information content (AvgIpc) is 2.93. The number of unbranched alkanes of at least 4 members (excludes halogenated alkanes) is 1. The van der Waals surface area contributed by atoms with Crippen molar-refractivity contribution in [2.24, 2.45) is 0 Å². The number of aromatic amines is 1. The number of nitrogens with two attached hydrogens (primary N) is 1. The molecule has 0 atom stereocenters. The molecule has 2 heterocycles. The van der Waals surface area contributed by atoms with Gasteiger partial charge in [-0.2, -0.15) is 9.97 Å². The molecule has 2 aromatic heterocycles. The highest BCUT2D eigenvalue weighted by molar-refractivity contribution is 5.81. The van der Waals surface area contributed by atoms with Gasteiger partial charge >= 0.3 is 11.7 Å². The van der Waals surface area contributed by atoms with E-state index in [2.05, 4.69) is 38.9 Å². The van der Waals surface area contributed by atoms with Crippen LogP contribution in [0.5, 0.6) is 6.01 Å². The molecule has 0 aliphatic rings. The van der Waals surface area contributed by atoms with Gasteiger partial charge in [0, 0.05) is 6.54 Å². The van der Waals surface area contributed by atoms with Crippen LogP contribution >= 0.6 is 0 Å². The Hall–Kier alpha value is -2.87. The molecule has 8 nitrogen and oxygen atoms in total. The summed E-state index contributed by atoms with van der Waals surface area (Å²) >= 11 is 0. The van der Waals surface area contributed by atoms with Gasteiger partial charge in [0.15, 0.2) is 11.5 Å². The lowest BCUT2D eigenvalue weighted by Crippen LogP contribution is -2.18. The van der Waals surface area contributed by atoms with Crippen LogP contribution in [-0.4, -0.2) is 45.1 Å². The van der Waals surface area contributed by atoms with E-state index in [1.165, 1.54) is 5.56 Å². The Balaban J connectivity index is 1.89. The molecule has 3 N–H and O–H groups in total. The zero-order valence-electron chi connectivity index (χ0n) is 16.0. The SMILES string of the molecule is CCCCOc1nc(N)c2[nH]c(=O)n(Cc3ccc(CN(C)C)cc3)c2n1. The second kappa shape index (κ2) is 8.22. The lowest BCUT2D eigenvalue weighted by Gasteiger charge is -2.10. The van der Waals surface area contributed by atoms with Gasteiger partial charge in [0.1, 0.15) is 5.52 Å². The van der Waals surface area contributed by atoms with E-state index in [-0.39, 0.29) is 17.5 Å². The van der Waals surface area contributed by atoms with Gasteiger partial charge in [-0.1, -0.05) is 37.6 Å². The smallest absolute Gasteiger partial charge is 0.328 e. The van der Waals surface area contributed by atoms with Crippen molar-refractivity contribution in [3.63, 3.8) is 0 Å². The molecule has 1 aromatic carbocycles. The number of aromatic nitrogens is 4. The first-order valence-corrected chi connectivity index (χ1v) is 9.09. The van der Waals surface area contributed by atoms with Crippen LogP contribution in [0.1, 0.15) is 30.9 Å². The first-order chi connectivity index (χ1) is 13.0. The minimum absolute atomic E-state index is 0.197. The van der Waals surface area contributed by atoms with Crippen LogP contribution in [0, 0.1) is 0 Å². The Morgan fingerprint density at radius 3 is 2.56 bits per heavy atom. The van der Waals surface area contributed by atoms with E-state index in [1.807, 2.05) is 26.2 Å². The molecular weight excluding hydrogens is 344 g/mol. The summed E-state index contributed by atoms with van der Waals surface area (Å²) in [7, 11) is 4.06. The van der Waals surface area contributed by atoms with Gasteiger partial charge in [0.05, 0.1) is 13.2 Å². The second-order valence-corrected chi connectivity index (χ2v) is 6.86. The van der Waals surface area contributed by atoms with Crippen LogP contribution in [-0.2, 0) is 13.1 Å². The molecule has 0 amide bonds. The fourth-order valence-electron chi connectivity index (χ4n) is 2.85. The molecule has 0 aliphatic carbocycles. The van der Waals surface area contributed by atoms with Gasteiger partial charge in [0.25, 0.3) is 0 Å². The molecule has 144 valence electrons. The first-order valence-electron chi connectivity index (χ1n) is 9.09. The van der Waals surface area contributed by atoms with Gasteiger partial charge in [-0.15, -0.1) is 0 Å². The largest absolute Gasteiger partial charge is 0.463 e. The maximum Gasteiger partial charge on any atom is 0.328 e. The standard InChI is InChI=1S/C19H26N6O2/c1-4-5-10-27-18-22-16(20)15-17(23-18)25(19(26)21-15)12-14-8-6-13(7-9-14)11-24(2)3/h6-9H,4-5,10-12H2,1-3H3,(H,21,26)(H2,20,22,23). The number of imidazole rings is 1. The van der Waals surface area contributed by atoms with Gasteiger partial charge in [-0.3, -0.25) is 4.57 Å². The summed E-state index contributed by atoms with van der Waals surface area (Å²) < 4.78 is 7.12. The Bertz CT molecular complexity index is 959. The van der Waals surface area contributed by atoms with E-state index in [4.69, 9.17) is 10.5 Å². The Kier molecular flexibility index (Phi) is 5.75. The Labute approximate surface area is 158 Å². The number of nitrogen functional groups attached to an aromatic ring is 1. The summed E-state index contributed by atoms with van der Waals surface area (Å²) in [5, 5.41) is 0. The third kappa shape index (κ3) is 4.46. The van der Waals surface area contributed by atoms with Crippen LogP contribution in [0.3, 0.4) is 0 Å². The number of hydrogen-bond acceptors (Lipinski definition) is 6. The number of ether oxygens (including phenoxy) is 1. The topological polar surface area (TPSA) is 102 Å². The van der Waals surface area contributed by atoms with Crippen LogP contribution in [0.4, 0.5) is 5.82 Å². The molecule has 0 spiro atoms. The molecule has 0 fully saturated rings. The zero-order chi connectivity index (χ0) is 19.4. The number of rotatable bonds is 8. The maximum atomic E-state index is 12.4. The Morgan fingerprint density at radius 2 is 1.89 bits per heavy atom. The molecule has 0 saturated carbocycles. The van der Waals surface area contributed by atoms with E-state index < -0.39 is 0 Å². The van der Waals surface area contributed by atoms with Crippen molar-refractivity contribution in [2.45, 2.75) is 32.9 Å². The van der Waals surface area contributed by atoms with E-state index in [0.29, 0.717) is 24.3 Å². The van der Waals surface area contributed by atoms with Gasteiger partial charge in [-0.25, -0.2) is 4.79 Å². The van der Waals surface area contributed by atoms with E-state index in [1.54, 1.807) is 4.57 Å². The predicted octanol–water partition coefficient (Wildman–Crippen LogP) is 1.99. The second-order valence-electron chi connectivity index (χ2n) is 6.86. The maximum absolute atomic E-state index is 12.4. The minimum atomic E-state index is -0.269. The van der Waals surface area contributed by atoms with Crippen molar-refractivity contribution in [3.8, 4) is 6.01 Å². The van der Waals surface area contributed by atoms with Crippen LogP contribution < -0.4 is 16.2 Å². The monoisotopic (exact) mass is 370 g/mol. The van der Waals surface area contributed by atoms with Crippen molar-refractivity contribution in [2.75, 3.05) is 26.4 Å². The summed E-state index contributed by atoms with van der Waals surface area (Å²) in [5.74, 6) is 0.212. The number of anilines is 1. The van der Waals surface area contributed by atoms with Crippen molar-refractivity contribution >= 4 is 17.0 Å². The summed E-state index contributed by atoms with van der Waals surface area (Å²) in [5.41, 5.74) is 8.83. The number of nitrogens with one attached hydrogen (secondary N) is 1. The third-order valence-electron chi connectivity index (χ3n) is 4.22. The van der Waals surface area contributed by atoms with Crippen LogP contribution in [0.2, 0.25) is 0 Å². The van der Waals surface area contributed by atoms with Crippen molar-refractivity contribution in [1.29, 1.82) is 0 Å². The van der Waals surface area contributed by atoms with Crippen molar-refractivity contribution < 1.29 is 4.74 Å². The van der Waals surface area contributed by atoms with Crippen LogP contribution in [0.15, 0.2) is 29.1 Å². The summed E-state index contributed by atoms with van der Waals surface area (Å²) in [6.45, 7) is 3.86. The predicted molar refractivity (Wildman–Crippen MR) is 106 cm³/mol. The molecule has 0 aliphatic heterocycles. The fourth-order valence-corrected chi connectivity index (χ4v) is 2.85. The molecule has 0 unspecified atom stereocenters. The highest BCUT2D eigenvalue weighted by Crippen LogP contribution is 2.19. The number of fused-ring (bicyclic) bond motifs is 1. The lowest BCUT2D eigenvalue weighted by molar-refractivity contribution is 0.286. The summed E-state index contributed by atoms with van der Waals surface area (Å²) in [6, 6.07) is 8.37. The molecule has 3 rings (SSSR count). The van der Waals surface area contributed by atoms with E-state index in [9.17, 15) is 4.79 Å².